The van der Waals surface area contributed by atoms with Crippen LogP contribution in [0.3, 0.4) is 0 Å². The van der Waals surface area contributed by atoms with Crippen LogP contribution >= 0.6 is 11.6 Å². The molecule has 0 aliphatic rings. The molecular formula is C13H11ClN4O5. The van der Waals surface area contributed by atoms with Crippen LogP contribution in [0.1, 0.15) is 0 Å². The van der Waals surface area contributed by atoms with E-state index in [9.17, 15) is 19.7 Å². The highest BCUT2D eigenvalue weighted by molar-refractivity contribution is 6.34. The van der Waals surface area contributed by atoms with E-state index in [0.717, 1.165) is 12.3 Å². The van der Waals surface area contributed by atoms with E-state index in [-0.39, 0.29) is 28.5 Å². The van der Waals surface area contributed by atoms with Gasteiger partial charge in [-0.1, -0.05) is 11.6 Å². The number of hydrogen-bond donors (Lipinski definition) is 2. The first kappa shape index (κ1) is 17.9. The van der Waals surface area contributed by atoms with E-state index in [2.05, 4.69) is 15.4 Å². The monoisotopic (exact) mass is 338 g/mol. The Balaban J connectivity index is 2.86. The van der Waals surface area contributed by atoms with Crippen LogP contribution in [-0.2, 0) is 14.3 Å². The standard InChI is InChI=1S/C13H11ClN4O5/c1-23-12(19)7-16-6-8(5-15)13(20)17-11-4-9(18(21)22)2-3-10(11)14/h2-4,6,16H,7H2,1H3,(H,17,20)/b8-6-. The number of non-ortho nitro benzene ring substituents is 1. The summed E-state index contributed by atoms with van der Waals surface area (Å²) in [5.41, 5.74) is -0.632. The van der Waals surface area contributed by atoms with Gasteiger partial charge in [-0.05, 0) is 6.07 Å². The molecule has 0 aromatic heterocycles. The number of nitrogens with zero attached hydrogens (tertiary/aromatic N) is 2. The third-order valence-electron chi connectivity index (χ3n) is 2.49. The van der Waals surface area contributed by atoms with Crippen molar-refractivity contribution in [3.05, 3.63) is 45.1 Å². The second-order valence-electron chi connectivity index (χ2n) is 4.00. The van der Waals surface area contributed by atoms with Gasteiger partial charge in [0.2, 0.25) is 0 Å². The van der Waals surface area contributed by atoms with Crippen molar-refractivity contribution in [1.29, 1.82) is 5.26 Å². The lowest BCUT2D eigenvalue weighted by molar-refractivity contribution is -0.384. The Morgan fingerprint density at radius 3 is 2.78 bits per heavy atom. The van der Waals surface area contributed by atoms with Crippen molar-refractivity contribution in [1.82, 2.24) is 5.32 Å². The van der Waals surface area contributed by atoms with Gasteiger partial charge in [-0.15, -0.1) is 0 Å². The number of halogens is 1. The highest BCUT2D eigenvalue weighted by Gasteiger charge is 2.15. The van der Waals surface area contributed by atoms with Crippen LogP contribution in [-0.4, -0.2) is 30.5 Å². The Labute approximate surface area is 135 Å². The number of anilines is 1. The Morgan fingerprint density at radius 2 is 2.22 bits per heavy atom. The smallest absolute Gasteiger partial charge is 0.325 e. The van der Waals surface area contributed by atoms with E-state index in [4.69, 9.17) is 16.9 Å². The number of ether oxygens (including phenoxy) is 1. The molecule has 2 N–H and O–H groups in total. The molecule has 1 amide bonds. The largest absolute Gasteiger partial charge is 0.468 e. The van der Waals surface area contributed by atoms with Crippen LogP contribution < -0.4 is 10.6 Å². The molecule has 0 radical (unpaired) electrons. The van der Waals surface area contributed by atoms with Gasteiger partial charge in [0.25, 0.3) is 11.6 Å². The van der Waals surface area contributed by atoms with E-state index < -0.39 is 16.8 Å². The Kier molecular flexibility index (Phi) is 6.51. The molecule has 0 atom stereocenters. The zero-order valence-electron chi connectivity index (χ0n) is 11.8. The topological polar surface area (TPSA) is 134 Å². The summed E-state index contributed by atoms with van der Waals surface area (Å²) in [6.07, 6.45) is 1.03. The average molecular weight is 339 g/mol. The lowest BCUT2D eigenvalue weighted by atomic mass is 10.2. The fourth-order valence-electron chi connectivity index (χ4n) is 1.37. The predicted octanol–water partition coefficient (Wildman–Crippen LogP) is 1.36. The number of benzene rings is 1. The van der Waals surface area contributed by atoms with Crippen molar-refractivity contribution in [2.45, 2.75) is 0 Å². The maximum atomic E-state index is 11.9. The third kappa shape index (κ3) is 5.29. The molecule has 0 aliphatic heterocycles. The molecular weight excluding hydrogens is 328 g/mol. The highest BCUT2D eigenvalue weighted by Crippen LogP contribution is 2.26. The van der Waals surface area contributed by atoms with Crippen LogP contribution in [0.4, 0.5) is 11.4 Å². The lowest BCUT2D eigenvalue weighted by Gasteiger charge is -2.06. The molecule has 0 saturated heterocycles. The number of nitrogens with one attached hydrogen (secondary N) is 2. The molecule has 0 saturated carbocycles. The van der Waals surface area contributed by atoms with E-state index in [0.29, 0.717) is 0 Å². The molecule has 0 fully saturated rings. The van der Waals surface area contributed by atoms with Gasteiger partial charge in [0.15, 0.2) is 0 Å². The molecule has 0 bridgehead atoms. The van der Waals surface area contributed by atoms with E-state index in [1.54, 1.807) is 6.07 Å². The van der Waals surface area contributed by atoms with E-state index in [1.165, 1.54) is 19.2 Å². The van der Waals surface area contributed by atoms with Crippen molar-refractivity contribution in [2.75, 3.05) is 19.0 Å². The summed E-state index contributed by atoms with van der Waals surface area (Å²) >= 11 is 5.84. The molecule has 1 rings (SSSR count). The first-order valence-electron chi connectivity index (χ1n) is 6.04. The molecule has 0 unspecified atom stereocenters. The van der Waals surface area contributed by atoms with Gasteiger partial charge < -0.3 is 15.4 Å². The zero-order chi connectivity index (χ0) is 17.4. The van der Waals surface area contributed by atoms with Gasteiger partial charge in [0.05, 0.1) is 22.7 Å². The van der Waals surface area contributed by atoms with Crippen molar-refractivity contribution >= 4 is 34.9 Å². The highest BCUT2D eigenvalue weighted by atomic mass is 35.5. The Bertz CT molecular complexity index is 711. The molecule has 120 valence electrons. The number of hydrogen-bond acceptors (Lipinski definition) is 7. The van der Waals surface area contributed by atoms with Gasteiger partial charge in [-0.2, -0.15) is 5.26 Å². The van der Waals surface area contributed by atoms with Crippen molar-refractivity contribution in [3.8, 4) is 6.07 Å². The maximum absolute atomic E-state index is 11.9. The molecule has 0 spiro atoms. The fourth-order valence-corrected chi connectivity index (χ4v) is 1.53. The van der Waals surface area contributed by atoms with Crippen molar-refractivity contribution < 1.29 is 19.2 Å². The first-order chi connectivity index (χ1) is 10.9. The lowest BCUT2D eigenvalue weighted by Crippen LogP contribution is -2.22. The molecule has 1 aromatic carbocycles. The number of rotatable bonds is 6. The third-order valence-corrected chi connectivity index (χ3v) is 2.82. The second-order valence-corrected chi connectivity index (χ2v) is 4.41. The van der Waals surface area contributed by atoms with Crippen molar-refractivity contribution in [2.24, 2.45) is 0 Å². The van der Waals surface area contributed by atoms with Gasteiger partial charge in [-0.3, -0.25) is 19.7 Å². The number of nitro benzene ring substituents is 1. The van der Waals surface area contributed by atoms with E-state index in [1.807, 2.05) is 0 Å². The van der Waals surface area contributed by atoms with Crippen LogP contribution in [0.15, 0.2) is 30.0 Å². The number of esters is 1. The summed E-state index contributed by atoms with van der Waals surface area (Å²) < 4.78 is 4.38. The summed E-state index contributed by atoms with van der Waals surface area (Å²) in [5, 5.41) is 24.4. The molecule has 23 heavy (non-hydrogen) atoms. The molecule has 1 aromatic rings. The van der Waals surface area contributed by atoms with Gasteiger partial charge in [-0.25, -0.2) is 0 Å². The minimum atomic E-state index is -0.840. The SMILES string of the molecule is COC(=O)CN/C=C(/C#N)C(=O)Nc1cc([N+](=O)[O-])ccc1Cl. The van der Waals surface area contributed by atoms with Crippen LogP contribution in [0.2, 0.25) is 5.02 Å². The summed E-state index contributed by atoms with van der Waals surface area (Å²) in [6, 6.07) is 5.12. The predicted molar refractivity (Wildman–Crippen MR) is 80.5 cm³/mol. The zero-order valence-corrected chi connectivity index (χ0v) is 12.6. The quantitative estimate of drug-likeness (QED) is 0.263. The average Bonchev–Trinajstić information content (AvgIpc) is 2.52. The van der Waals surface area contributed by atoms with Crippen LogP contribution in [0, 0.1) is 21.4 Å². The molecule has 10 heteroatoms. The molecule has 9 nitrogen and oxygen atoms in total. The Hall–Kier alpha value is -3.12. The number of amides is 1. The number of carbonyl (C=O) groups is 2. The summed E-state index contributed by atoms with van der Waals surface area (Å²) in [4.78, 5) is 32.9. The fraction of sp³-hybridized carbons (Fsp3) is 0.154. The number of nitriles is 1. The second kappa shape index (κ2) is 8.35. The van der Waals surface area contributed by atoms with Gasteiger partial charge >= 0.3 is 5.97 Å². The maximum Gasteiger partial charge on any atom is 0.325 e. The number of nitro groups is 1. The molecule has 0 aliphatic carbocycles. The van der Waals surface area contributed by atoms with Crippen LogP contribution in [0.25, 0.3) is 0 Å². The number of carbonyl (C=O) groups excluding carboxylic acids is 2. The Morgan fingerprint density at radius 1 is 1.52 bits per heavy atom. The van der Waals surface area contributed by atoms with Crippen LogP contribution in [0.5, 0.6) is 0 Å². The molecule has 0 heterocycles. The van der Waals surface area contributed by atoms with Gasteiger partial charge in [0.1, 0.15) is 18.2 Å². The van der Waals surface area contributed by atoms with E-state index >= 15 is 0 Å². The minimum Gasteiger partial charge on any atom is -0.468 e. The summed E-state index contributed by atoms with van der Waals surface area (Å²) in [6.45, 7) is -0.230. The minimum absolute atomic E-state index is 0.0139. The normalized spacial score (nSPS) is 10.4. The van der Waals surface area contributed by atoms with Crippen molar-refractivity contribution in [3.63, 3.8) is 0 Å². The number of methoxy groups -OCH3 is 1. The first-order valence-corrected chi connectivity index (χ1v) is 6.42. The van der Waals surface area contributed by atoms with Gasteiger partial charge in [0, 0.05) is 18.3 Å². The summed E-state index contributed by atoms with van der Waals surface area (Å²) in [5.74, 6) is -1.42. The summed E-state index contributed by atoms with van der Waals surface area (Å²) in [7, 11) is 1.19.